The summed E-state index contributed by atoms with van der Waals surface area (Å²) in [5.41, 5.74) is 5.61. The Morgan fingerprint density at radius 3 is 2.37 bits per heavy atom. The van der Waals surface area contributed by atoms with Gasteiger partial charge in [-0.1, -0.05) is 13.8 Å². The summed E-state index contributed by atoms with van der Waals surface area (Å²) in [5, 5.41) is 0. The van der Waals surface area contributed by atoms with E-state index in [0.29, 0.717) is 26.2 Å². The van der Waals surface area contributed by atoms with Crippen molar-refractivity contribution in [2.45, 2.75) is 33.2 Å². The molecule has 1 aliphatic rings. The number of carbonyl (C=O) groups excluding carboxylic acids is 1. The van der Waals surface area contributed by atoms with Gasteiger partial charge in [-0.3, -0.25) is 4.79 Å². The molecule has 2 unspecified atom stereocenters. The number of amides is 1. The summed E-state index contributed by atoms with van der Waals surface area (Å²) in [7, 11) is -3.50. The number of nitrogens with two attached hydrogens (primary N) is 1. The third-order valence-electron chi connectivity index (χ3n) is 3.72. The maximum atomic E-state index is 12.1. The predicted octanol–water partition coefficient (Wildman–Crippen LogP) is -0.146. The van der Waals surface area contributed by atoms with Crippen LogP contribution in [-0.2, 0) is 14.8 Å². The molecule has 1 aliphatic heterocycles. The lowest BCUT2D eigenvalue weighted by Gasteiger charge is -2.24. The van der Waals surface area contributed by atoms with Crippen molar-refractivity contribution >= 4 is 15.9 Å². The fraction of sp³-hybridized carbons (Fsp3) is 0.917. The van der Waals surface area contributed by atoms with Crippen LogP contribution in [0.15, 0.2) is 0 Å². The van der Waals surface area contributed by atoms with E-state index >= 15 is 0 Å². The van der Waals surface area contributed by atoms with E-state index in [-0.39, 0.29) is 17.9 Å². The molecule has 1 rings (SSSR count). The fourth-order valence-electron chi connectivity index (χ4n) is 2.61. The molecule has 7 heteroatoms. The lowest BCUT2D eigenvalue weighted by atomic mass is 10.1. The molecule has 0 aromatic rings. The Labute approximate surface area is 116 Å². The third-order valence-corrected chi connectivity index (χ3v) is 5.63. The Balaban J connectivity index is 2.70. The zero-order chi connectivity index (χ0) is 14.6. The van der Waals surface area contributed by atoms with Crippen molar-refractivity contribution in [3.63, 3.8) is 0 Å². The second-order valence-electron chi connectivity index (χ2n) is 5.07. The predicted molar refractivity (Wildman–Crippen MR) is 75.0 cm³/mol. The molecule has 0 aliphatic carbocycles. The van der Waals surface area contributed by atoms with Gasteiger partial charge in [0.25, 0.3) is 0 Å². The average molecular weight is 291 g/mol. The second kappa shape index (κ2) is 6.67. The number of hydrogen-bond acceptors (Lipinski definition) is 4. The molecule has 1 fully saturated rings. The Morgan fingerprint density at radius 1 is 1.37 bits per heavy atom. The van der Waals surface area contributed by atoms with E-state index in [2.05, 4.69) is 0 Å². The molecular weight excluding hydrogens is 266 g/mol. The lowest BCUT2D eigenvalue weighted by molar-refractivity contribution is -0.129. The van der Waals surface area contributed by atoms with E-state index in [1.807, 2.05) is 6.92 Å². The molecule has 0 aromatic carbocycles. The SMILES string of the molecule is CCN(CC)S(=O)(=O)CC(=O)N1CC(CN)CC1C. The first-order chi connectivity index (χ1) is 8.85. The summed E-state index contributed by atoms with van der Waals surface area (Å²) in [6, 6.07) is 0.0768. The summed E-state index contributed by atoms with van der Waals surface area (Å²) in [5.74, 6) is -0.457. The van der Waals surface area contributed by atoms with Crippen LogP contribution in [0.1, 0.15) is 27.2 Å². The molecule has 0 bridgehead atoms. The smallest absolute Gasteiger partial charge is 0.239 e. The number of sulfonamides is 1. The first-order valence-electron chi connectivity index (χ1n) is 6.83. The lowest BCUT2D eigenvalue weighted by Crippen LogP contribution is -2.42. The van der Waals surface area contributed by atoms with Crippen LogP contribution in [0.4, 0.5) is 0 Å². The molecule has 1 saturated heterocycles. The third kappa shape index (κ3) is 3.90. The van der Waals surface area contributed by atoms with E-state index < -0.39 is 15.8 Å². The quantitative estimate of drug-likeness (QED) is 0.738. The van der Waals surface area contributed by atoms with Crippen LogP contribution in [0.25, 0.3) is 0 Å². The van der Waals surface area contributed by atoms with Gasteiger partial charge in [-0.15, -0.1) is 0 Å². The minimum Gasteiger partial charge on any atom is -0.339 e. The molecule has 2 N–H and O–H groups in total. The Hall–Kier alpha value is -0.660. The first kappa shape index (κ1) is 16.4. The van der Waals surface area contributed by atoms with Crippen molar-refractivity contribution in [1.29, 1.82) is 0 Å². The maximum absolute atomic E-state index is 12.1. The molecular formula is C12H25N3O3S. The van der Waals surface area contributed by atoms with Gasteiger partial charge in [0.05, 0.1) is 0 Å². The van der Waals surface area contributed by atoms with Gasteiger partial charge < -0.3 is 10.6 Å². The largest absolute Gasteiger partial charge is 0.339 e. The van der Waals surface area contributed by atoms with Crippen LogP contribution in [0.2, 0.25) is 0 Å². The van der Waals surface area contributed by atoms with Crippen LogP contribution < -0.4 is 5.73 Å². The van der Waals surface area contributed by atoms with E-state index in [0.717, 1.165) is 6.42 Å². The highest BCUT2D eigenvalue weighted by molar-refractivity contribution is 7.89. The van der Waals surface area contributed by atoms with E-state index in [4.69, 9.17) is 5.73 Å². The van der Waals surface area contributed by atoms with Crippen molar-refractivity contribution in [1.82, 2.24) is 9.21 Å². The summed E-state index contributed by atoms with van der Waals surface area (Å²) in [4.78, 5) is 13.8. The highest BCUT2D eigenvalue weighted by Gasteiger charge is 2.34. The minimum absolute atomic E-state index is 0.0768. The van der Waals surface area contributed by atoms with Gasteiger partial charge >= 0.3 is 0 Å². The van der Waals surface area contributed by atoms with Crippen molar-refractivity contribution in [2.75, 3.05) is 31.9 Å². The molecule has 1 amide bonds. The van der Waals surface area contributed by atoms with Crippen LogP contribution in [0, 0.1) is 5.92 Å². The Morgan fingerprint density at radius 2 is 1.95 bits per heavy atom. The molecule has 2 atom stereocenters. The van der Waals surface area contributed by atoms with Gasteiger partial charge in [0, 0.05) is 25.7 Å². The molecule has 6 nitrogen and oxygen atoms in total. The molecule has 0 aromatic heterocycles. The van der Waals surface area contributed by atoms with Crippen LogP contribution in [0.3, 0.4) is 0 Å². The van der Waals surface area contributed by atoms with Gasteiger partial charge in [-0.2, -0.15) is 0 Å². The molecule has 0 spiro atoms. The molecule has 19 heavy (non-hydrogen) atoms. The van der Waals surface area contributed by atoms with Crippen molar-refractivity contribution in [3.8, 4) is 0 Å². The van der Waals surface area contributed by atoms with E-state index in [9.17, 15) is 13.2 Å². The number of rotatable bonds is 6. The highest BCUT2D eigenvalue weighted by atomic mass is 32.2. The normalized spacial score (nSPS) is 24.2. The zero-order valence-electron chi connectivity index (χ0n) is 12.0. The second-order valence-corrected chi connectivity index (χ2v) is 7.04. The van der Waals surface area contributed by atoms with Crippen LogP contribution in [0.5, 0.6) is 0 Å². The monoisotopic (exact) mass is 291 g/mol. The van der Waals surface area contributed by atoms with E-state index in [1.165, 1.54) is 4.31 Å². The van der Waals surface area contributed by atoms with Gasteiger partial charge in [-0.25, -0.2) is 12.7 Å². The topological polar surface area (TPSA) is 83.7 Å². The van der Waals surface area contributed by atoms with E-state index in [1.54, 1.807) is 18.7 Å². The number of carbonyl (C=O) groups is 1. The van der Waals surface area contributed by atoms with Crippen molar-refractivity contribution in [2.24, 2.45) is 11.7 Å². The minimum atomic E-state index is -3.50. The number of nitrogens with zero attached hydrogens (tertiary/aromatic N) is 2. The average Bonchev–Trinajstić information content (AvgIpc) is 2.71. The molecule has 0 radical (unpaired) electrons. The van der Waals surface area contributed by atoms with Gasteiger partial charge in [0.2, 0.25) is 15.9 Å². The summed E-state index contributed by atoms with van der Waals surface area (Å²) >= 11 is 0. The molecule has 0 saturated carbocycles. The maximum Gasteiger partial charge on any atom is 0.239 e. The molecule has 112 valence electrons. The summed E-state index contributed by atoms with van der Waals surface area (Å²) in [6.07, 6.45) is 0.855. The van der Waals surface area contributed by atoms with Gasteiger partial charge in [0.15, 0.2) is 0 Å². The number of hydrogen-bond donors (Lipinski definition) is 1. The summed E-state index contributed by atoms with van der Waals surface area (Å²) in [6.45, 7) is 7.39. The van der Waals surface area contributed by atoms with Gasteiger partial charge in [0.1, 0.15) is 5.75 Å². The van der Waals surface area contributed by atoms with Crippen molar-refractivity contribution < 1.29 is 13.2 Å². The number of likely N-dealkylation sites (tertiary alicyclic amines) is 1. The van der Waals surface area contributed by atoms with Crippen LogP contribution in [-0.4, -0.2) is 61.5 Å². The summed E-state index contributed by atoms with van der Waals surface area (Å²) < 4.78 is 25.5. The van der Waals surface area contributed by atoms with Gasteiger partial charge in [-0.05, 0) is 25.8 Å². The zero-order valence-corrected chi connectivity index (χ0v) is 12.8. The highest BCUT2D eigenvalue weighted by Crippen LogP contribution is 2.22. The standard InChI is InChI=1S/C12H25N3O3S/c1-4-14(5-2)19(17,18)9-12(16)15-8-11(7-13)6-10(15)3/h10-11H,4-9,13H2,1-3H3. The molecule has 1 heterocycles. The first-order valence-corrected chi connectivity index (χ1v) is 8.43. The van der Waals surface area contributed by atoms with Crippen molar-refractivity contribution in [3.05, 3.63) is 0 Å². The van der Waals surface area contributed by atoms with Crippen LogP contribution >= 0.6 is 0 Å². The Kier molecular flexibility index (Phi) is 5.76. The Bertz CT molecular complexity index is 406. The fourth-order valence-corrected chi connectivity index (χ4v) is 4.06.